The Morgan fingerprint density at radius 2 is 1.76 bits per heavy atom. The first-order valence-electron chi connectivity index (χ1n) is 8.73. The zero-order chi connectivity index (χ0) is 14.6. The molecule has 2 heteroatoms. The molecule has 0 radical (unpaired) electrons. The van der Waals surface area contributed by atoms with Gasteiger partial charge < -0.3 is 5.11 Å². The van der Waals surface area contributed by atoms with Gasteiger partial charge in [0.2, 0.25) is 0 Å². The predicted molar refractivity (Wildman–Crippen MR) is 82.6 cm³/mol. The highest BCUT2D eigenvalue weighted by atomic mass is 16.3. The molecule has 1 N–H and O–H groups in total. The Kier molecular flexibility index (Phi) is 3.33. The Bertz CT molecular complexity index is 516. The van der Waals surface area contributed by atoms with E-state index in [1.807, 2.05) is 0 Å². The minimum Gasteiger partial charge on any atom is -0.393 e. The average molecular weight is 286 g/mol. The van der Waals surface area contributed by atoms with E-state index in [1.165, 1.54) is 25.7 Å². The molecule has 4 rings (SSSR count). The molecule has 0 spiro atoms. The van der Waals surface area contributed by atoms with Crippen LogP contribution in [0.5, 0.6) is 0 Å². The van der Waals surface area contributed by atoms with Crippen molar-refractivity contribution in [2.75, 3.05) is 0 Å². The second kappa shape index (κ2) is 5.08. The summed E-state index contributed by atoms with van der Waals surface area (Å²) in [6.07, 6.45) is 12.5. The van der Waals surface area contributed by atoms with Crippen LogP contribution < -0.4 is 0 Å². The number of ketones is 1. The fourth-order valence-electron chi connectivity index (χ4n) is 5.90. The molecule has 4 aliphatic carbocycles. The van der Waals surface area contributed by atoms with Gasteiger partial charge in [0, 0.05) is 0 Å². The van der Waals surface area contributed by atoms with Crippen LogP contribution in [-0.4, -0.2) is 17.0 Å². The van der Waals surface area contributed by atoms with Gasteiger partial charge in [-0.15, -0.1) is 0 Å². The molecule has 0 amide bonds. The molecular weight excluding hydrogens is 260 g/mol. The van der Waals surface area contributed by atoms with E-state index in [2.05, 4.69) is 12.2 Å². The largest absolute Gasteiger partial charge is 0.393 e. The van der Waals surface area contributed by atoms with Crippen molar-refractivity contribution in [2.24, 2.45) is 29.6 Å². The lowest BCUT2D eigenvalue weighted by Crippen LogP contribution is -2.41. The summed E-state index contributed by atoms with van der Waals surface area (Å²) < 4.78 is 0. The van der Waals surface area contributed by atoms with Crippen LogP contribution in [0.15, 0.2) is 23.3 Å². The third-order valence-electron chi connectivity index (χ3n) is 6.77. The van der Waals surface area contributed by atoms with E-state index in [4.69, 9.17) is 0 Å². The van der Waals surface area contributed by atoms with Crippen LogP contribution >= 0.6 is 0 Å². The summed E-state index contributed by atoms with van der Waals surface area (Å²) in [7, 11) is 0. The number of allylic oxidation sites excluding steroid dienone is 3. The quantitative estimate of drug-likeness (QED) is 0.747. The summed E-state index contributed by atoms with van der Waals surface area (Å²) >= 11 is 0. The molecule has 114 valence electrons. The van der Waals surface area contributed by atoms with Gasteiger partial charge in [-0.1, -0.05) is 17.7 Å². The number of carbonyl (C=O) groups is 1. The van der Waals surface area contributed by atoms with Gasteiger partial charge in [-0.2, -0.15) is 0 Å². The zero-order valence-corrected chi connectivity index (χ0v) is 12.9. The molecule has 6 unspecified atom stereocenters. The van der Waals surface area contributed by atoms with Gasteiger partial charge in [0.1, 0.15) is 0 Å². The number of Topliss-reactive ketones (excluding diaryl/α,β-unsaturated/α-hetero) is 1. The maximum absolute atomic E-state index is 11.8. The van der Waals surface area contributed by atoms with E-state index in [0.29, 0.717) is 17.6 Å². The molecule has 0 aromatic rings. The molecule has 2 fully saturated rings. The predicted octanol–water partition coefficient (Wildman–Crippen LogP) is 3.66. The highest BCUT2D eigenvalue weighted by Crippen LogP contribution is 2.56. The second-order valence-corrected chi connectivity index (χ2v) is 7.68. The average Bonchev–Trinajstić information content (AvgIpc) is 2.90. The molecule has 0 aliphatic heterocycles. The van der Waals surface area contributed by atoms with Gasteiger partial charge in [0.25, 0.3) is 0 Å². The molecule has 0 aromatic carbocycles. The lowest BCUT2D eigenvalue weighted by molar-refractivity contribution is -0.114. The fourth-order valence-corrected chi connectivity index (χ4v) is 5.90. The fraction of sp³-hybridized carbons (Fsp3) is 0.737. The molecular formula is C19H26O2. The van der Waals surface area contributed by atoms with Gasteiger partial charge in [0.15, 0.2) is 5.78 Å². The molecule has 0 heterocycles. The first kappa shape index (κ1) is 13.8. The van der Waals surface area contributed by atoms with Crippen LogP contribution in [0.25, 0.3) is 0 Å². The topological polar surface area (TPSA) is 37.3 Å². The van der Waals surface area contributed by atoms with Crippen molar-refractivity contribution in [1.29, 1.82) is 0 Å². The smallest absolute Gasteiger partial charge is 0.155 e. The van der Waals surface area contributed by atoms with Crippen molar-refractivity contribution in [3.05, 3.63) is 23.3 Å². The third-order valence-corrected chi connectivity index (χ3v) is 6.77. The number of carbonyl (C=O) groups excluding carboxylic acids is 1. The summed E-state index contributed by atoms with van der Waals surface area (Å²) in [5, 5.41) is 9.90. The van der Waals surface area contributed by atoms with Crippen LogP contribution in [0.1, 0.15) is 51.9 Å². The number of hydrogen-bond acceptors (Lipinski definition) is 2. The van der Waals surface area contributed by atoms with Crippen molar-refractivity contribution < 1.29 is 9.90 Å². The van der Waals surface area contributed by atoms with E-state index in [-0.39, 0.29) is 6.10 Å². The first-order valence-corrected chi connectivity index (χ1v) is 8.73. The number of hydrogen-bond donors (Lipinski definition) is 1. The summed E-state index contributed by atoms with van der Waals surface area (Å²) in [6, 6.07) is 0. The first-order chi connectivity index (χ1) is 10.1. The molecule has 4 aliphatic rings. The molecule has 21 heavy (non-hydrogen) atoms. The standard InChI is InChI=1S/C19H26O2/c1-11(20)14-6-7-19-16(14)8-9-17-15-5-3-13(21)10-12(15)2-4-18(17)19/h2,6,13,15-19,21H,3-5,7-10H2,1H3. The maximum Gasteiger partial charge on any atom is 0.155 e. The number of fused-ring (bicyclic) bond motifs is 5. The summed E-state index contributed by atoms with van der Waals surface area (Å²) in [6.45, 7) is 1.74. The van der Waals surface area contributed by atoms with Crippen LogP contribution in [0, 0.1) is 29.6 Å². The lowest BCUT2D eigenvalue weighted by Gasteiger charge is -2.49. The van der Waals surface area contributed by atoms with Crippen LogP contribution in [-0.2, 0) is 4.79 Å². The normalized spacial score (nSPS) is 45.0. The van der Waals surface area contributed by atoms with E-state index < -0.39 is 0 Å². The molecule has 6 atom stereocenters. The van der Waals surface area contributed by atoms with Crippen molar-refractivity contribution >= 4 is 5.78 Å². The molecule has 2 saturated carbocycles. The Morgan fingerprint density at radius 1 is 1.00 bits per heavy atom. The lowest BCUT2D eigenvalue weighted by atomic mass is 9.56. The summed E-state index contributed by atoms with van der Waals surface area (Å²) in [5.41, 5.74) is 2.68. The van der Waals surface area contributed by atoms with Gasteiger partial charge in [0.05, 0.1) is 6.10 Å². The minimum absolute atomic E-state index is 0.0992. The Balaban J connectivity index is 1.57. The second-order valence-electron chi connectivity index (χ2n) is 7.68. The van der Waals surface area contributed by atoms with Crippen LogP contribution in [0.4, 0.5) is 0 Å². The number of aliphatic hydroxyl groups excluding tert-OH is 1. The SMILES string of the molecule is CC(=O)C1=CCC2C1CCC1C3CCC(O)CC3=CCC12. The van der Waals surface area contributed by atoms with E-state index in [0.717, 1.165) is 42.6 Å². The van der Waals surface area contributed by atoms with Gasteiger partial charge in [-0.25, -0.2) is 0 Å². The monoisotopic (exact) mass is 286 g/mol. The Morgan fingerprint density at radius 3 is 2.57 bits per heavy atom. The van der Waals surface area contributed by atoms with Crippen LogP contribution in [0.2, 0.25) is 0 Å². The van der Waals surface area contributed by atoms with Gasteiger partial charge >= 0.3 is 0 Å². The molecule has 0 bridgehead atoms. The van der Waals surface area contributed by atoms with Crippen molar-refractivity contribution in [2.45, 2.75) is 58.0 Å². The Labute approximate surface area is 127 Å². The maximum atomic E-state index is 11.8. The Hall–Kier alpha value is -0.890. The van der Waals surface area contributed by atoms with Crippen molar-refractivity contribution in [3.63, 3.8) is 0 Å². The minimum atomic E-state index is -0.0992. The van der Waals surface area contributed by atoms with Crippen molar-refractivity contribution in [3.8, 4) is 0 Å². The third kappa shape index (κ3) is 2.14. The highest BCUT2D eigenvalue weighted by Gasteiger charge is 2.48. The molecule has 0 aromatic heterocycles. The van der Waals surface area contributed by atoms with Crippen molar-refractivity contribution in [1.82, 2.24) is 0 Å². The molecule has 0 saturated heterocycles. The zero-order valence-electron chi connectivity index (χ0n) is 12.9. The molecule has 2 nitrogen and oxygen atoms in total. The summed E-state index contributed by atoms with van der Waals surface area (Å²) in [5.74, 6) is 3.89. The number of aliphatic hydroxyl groups is 1. The van der Waals surface area contributed by atoms with Crippen LogP contribution in [0.3, 0.4) is 0 Å². The summed E-state index contributed by atoms with van der Waals surface area (Å²) in [4.78, 5) is 11.8. The van der Waals surface area contributed by atoms with Gasteiger partial charge in [-0.05, 0) is 87.0 Å². The van der Waals surface area contributed by atoms with E-state index in [9.17, 15) is 9.90 Å². The number of rotatable bonds is 1. The highest BCUT2D eigenvalue weighted by molar-refractivity contribution is 5.94. The van der Waals surface area contributed by atoms with Gasteiger partial charge in [-0.3, -0.25) is 4.79 Å². The van der Waals surface area contributed by atoms with E-state index in [1.54, 1.807) is 12.5 Å². The van der Waals surface area contributed by atoms with E-state index >= 15 is 0 Å².